The third-order valence-electron chi connectivity index (χ3n) is 5.66. The van der Waals surface area contributed by atoms with Gasteiger partial charge < -0.3 is 15.2 Å². The molecule has 0 bridgehead atoms. The van der Waals surface area contributed by atoms with E-state index in [-0.39, 0.29) is 5.82 Å². The van der Waals surface area contributed by atoms with E-state index in [2.05, 4.69) is 48.7 Å². The van der Waals surface area contributed by atoms with Gasteiger partial charge in [0.1, 0.15) is 5.82 Å². The Morgan fingerprint density at radius 3 is 2.50 bits per heavy atom. The molecule has 1 aliphatic heterocycles. The van der Waals surface area contributed by atoms with Gasteiger partial charge in [-0.2, -0.15) is 0 Å². The van der Waals surface area contributed by atoms with Crippen molar-refractivity contribution in [3.63, 3.8) is 0 Å². The molecule has 0 unspecified atom stereocenters. The van der Waals surface area contributed by atoms with Crippen molar-refractivity contribution < 1.29 is 4.39 Å². The number of hydrogen-bond acceptors (Lipinski definition) is 2. The number of hydrogen-bond donors (Lipinski definition) is 2. The van der Waals surface area contributed by atoms with Crippen LogP contribution in [-0.4, -0.2) is 24.0 Å². The smallest absolute Gasteiger partial charge is 0.123 e. The molecule has 30 heavy (non-hydrogen) atoms. The van der Waals surface area contributed by atoms with Crippen molar-refractivity contribution in [3.8, 4) is 0 Å². The molecule has 1 aliphatic rings. The van der Waals surface area contributed by atoms with E-state index in [0.29, 0.717) is 0 Å². The van der Waals surface area contributed by atoms with Crippen molar-refractivity contribution in [2.45, 2.75) is 27.2 Å². The predicted octanol–water partition coefficient (Wildman–Crippen LogP) is 5.96. The highest BCUT2D eigenvalue weighted by Crippen LogP contribution is 2.38. The van der Waals surface area contributed by atoms with E-state index in [0.717, 1.165) is 51.3 Å². The largest absolute Gasteiger partial charge is 0.394 e. The fraction of sp³-hybridized carbons (Fsp3) is 0.231. The molecule has 4 heteroatoms. The summed E-state index contributed by atoms with van der Waals surface area (Å²) in [7, 11) is 3.89. The van der Waals surface area contributed by atoms with Gasteiger partial charge in [-0.15, -0.1) is 0 Å². The van der Waals surface area contributed by atoms with Gasteiger partial charge in [-0.25, -0.2) is 4.39 Å². The number of H-pyrrole nitrogens is 1. The molecular weight excluding hydrogens is 373 g/mol. The third kappa shape index (κ3) is 4.04. The zero-order valence-electron chi connectivity index (χ0n) is 18.5. The average Bonchev–Trinajstić information content (AvgIpc) is 3.13. The monoisotopic (exact) mass is 403 g/mol. The van der Waals surface area contributed by atoms with Crippen LogP contribution in [0.1, 0.15) is 40.6 Å². The molecule has 3 rings (SSSR count). The van der Waals surface area contributed by atoms with Crippen molar-refractivity contribution >= 4 is 17.3 Å². The van der Waals surface area contributed by atoms with Crippen LogP contribution in [0.25, 0.3) is 17.3 Å². The van der Waals surface area contributed by atoms with Gasteiger partial charge in [0.15, 0.2) is 0 Å². The topological polar surface area (TPSA) is 31.1 Å². The van der Waals surface area contributed by atoms with E-state index in [9.17, 15) is 4.39 Å². The third-order valence-corrected chi connectivity index (χ3v) is 5.66. The highest BCUT2D eigenvalue weighted by Gasteiger charge is 2.24. The Labute approximate surface area is 179 Å². The summed E-state index contributed by atoms with van der Waals surface area (Å²) in [4.78, 5) is 5.45. The predicted molar refractivity (Wildman–Crippen MR) is 126 cm³/mol. The average molecular weight is 404 g/mol. The summed E-state index contributed by atoms with van der Waals surface area (Å²) >= 11 is 0. The van der Waals surface area contributed by atoms with Crippen LogP contribution in [0.5, 0.6) is 0 Å². The molecule has 1 aromatic carbocycles. The highest BCUT2D eigenvalue weighted by molar-refractivity contribution is 5.91. The number of benzene rings is 1. The Kier molecular flexibility index (Phi) is 6.16. The number of nitrogens with one attached hydrogen (secondary N) is 2. The lowest BCUT2D eigenvalue weighted by Gasteiger charge is -2.27. The van der Waals surface area contributed by atoms with Crippen LogP contribution >= 0.6 is 0 Å². The first kappa shape index (κ1) is 21.4. The summed E-state index contributed by atoms with van der Waals surface area (Å²) in [5.74, 6) is -0.185. The number of allylic oxidation sites excluding steroid dienone is 4. The summed E-state index contributed by atoms with van der Waals surface area (Å²) < 4.78 is 13.8. The number of aryl methyl sites for hydroxylation is 2. The van der Waals surface area contributed by atoms with Gasteiger partial charge >= 0.3 is 0 Å². The summed E-state index contributed by atoms with van der Waals surface area (Å²) in [6, 6.07) is 5.33. The first-order valence-electron chi connectivity index (χ1n) is 10.1. The second-order valence-corrected chi connectivity index (χ2v) is 7.83. The van der Waals surface area contributed by atoms with Gasteiger partial charge in [0, 0.05) is 37.1 Å². The van der Waals surface area contributed by atoms with E-state index < -0.39 is 0 Å². The van der Waals surface area contributed by atoms with Crippen LogP contribution in [0.3, 0.4) is 0 Å². The first-order chi connectivity index (χ1) is 14.3. The lowest BCUT2D eigenvalue weighted by molar-refractivity contribution is 0.624. The van der Waals surface area contributed by atoms with Crippen LogP contribution in [0.4, 0.5) is 4.39 Å². The summed E-state index contributed by atoms with van der Waals surface area (Å²) in [5.41, 5.74) is 10.6. The Bertz CT molecular complexity index is 1070. The lowest BCUT2D eigenvalue weighted by Crippen LogP contribution is -2.16. The maximum atomic E-state index is 13.8. The molecule has 2 heterocycles. The lowest BCUT2D eigenvalue weighted by atomic mass is 9.88. The summed E-state index contributed by atoms with van der Waals surface area (Å²) in [5, 5.41) is 3.10. The van der Waals surface area contributed by atoms with Crippen molar-refractivity contribution in [2.75, 3.05) is 14.1 Å². The van der Waals surface area contributed by atoms with Crippen molar-refractivity contribution in [2.24, 2.45) is 0 Å². The van der Waals surface area contributed by atoms with E-state index in [4.69, 9.17) is 0 Å². The van der Waals surface area contributed by atoms with E-state index in [1.54, 1.807) is 12.1 Å². The minimum absolute atomic E-state index is 0.185. The number of aromatic nitrogens is 1. The van der Waals surface area contributed by atoms with Crippen LogP contribution < -0.4 is 5.32 Å². The first-order valence-corrected chi connectivity index (χ1v) is 10.1. The van der Waals surface area contributed by atoms with Crippen LogP contribution in [0.2, 0.25) is 0 Å². The molecule has 2 aromatic rings. The highest BCUT2D eigenvalue weighted by atomic mass is 19.1. The second kappa shape index (κ2) is 8.62. The van der Waals surface area contributed by atoms with Crippen molar-refractivity contribution in [1.82, 2.24) is 15.2 Å². The molecule has 156 valence electrons. The van der Waals surface area contributed by atoms with Crippen molar-refractivity contribution in [1.29, 1.82) is 0 Å². The molecule has 1 aromatic heterocycles. The molecule has 0 saturated heterocycles. The molecule has 0 radical (unpaired) electrons. The Balaban J connectivity index is 2.16. The van der Waals surface area contributed by atoms with E-state index in [1.807, 2.05) is 45.1 Å². The second-order valence-electron chi connectivity index (χ2n) is 7.83. The normalized spacial score (nSPS) is 14.5. The maximum absolute atomic E-state index is 13.8. The number of halogens is 1. The standard InChI is InChI=1S/C26H30FN3/c1-8-21-14-24-25(15-30(7)19(5)26(24)29-21)22(9-10-28-6)18(4)13-23-16(2)11-20(27)12-17(23)3/h8-12,14-15,28-29H,1,5,13H2,2-4,6-7H3/b10-9-,22-18-. The van der Waals surface area contributed by atoms with E-state index >= 15 is 0 Å². The van der Waals surface area contributed by atoms with Gasteiger partial charge in [-0.1, -0.05) is 18.7 Å². The van der Waals surface area contributed by atoms with Gasteiger partial charge in [0.25, 0.3) is 0 Å². The Hall–Kier alpha value is -3.27. The molecule has 0 aliphatic carbocycles. The quantitative estimate of drug-likeness (QED) is 0.583. The van der Waals surface area contributed by atoms with Gasteiger partial charge in [0.2, 0.25) is 0 Å². The van der Waals surface area contributed by atoms with Crippen LogP contribution in [0.15, 0.2) is 61.0 Å². The number of nitrogens with zero attached hydrogens (tertiary/aromatic N) is 1. The molecular formula is C26H30FN3. The zero-order chi connectivity index (χ0) is 22.0. The molecule has 0 spiro atoms. The van der Waals surface area contributed by atoms with Gasteiger partial charge in [-0.05, 0) is 86.0 Å². The van der Waals surface area contributed by atoms with Crippen LogP contribution in [-0.2, 0) is 6.42 Å². The molecule has 0 atom stereocenters. The maximum Gasteiger partial charge on any atom is 0.123 e. The van der Waals surface area contributed by atoms with Crippen molar-refractivity contribution in [3.05, 3.63) is 100 Å². The zero-order valence-corrected chi connectivity index (χ0v) is 18.5. The minimum Gasteiger partial charge on any atom is -0.394 e. The van der Waals surface area contributed by atoms with Gasteiger partial charge in [0.05, 0.1) is 11.4 Å². The Morgan fingerprint density at radius 2 is 1.90 bits per heavy atom. The molecule has 2 N–H and O–H groups in total. The fourth-order valence-corrected chi connectivity index (χ4v) is 3.97. The SMILES string of the molecule is C=Cc1cc2c([nH]1)C(=C)N(C)C=C2C(/C=C\NC)=C(/C)Cc1c(C)cc(F)cc1C. The minimum atomic E-state index is -0.185. The molecule has 3 nitrogen and oxygen atoms in total. The van der Waals surface area contributed by atoms with Gasteiger partial charge in [-0.3, -0.25) is 0 Å². The molecule has 0 saturated carbocycles. The van der Waals surface area contributed by atoms with Crippen LogP contribution in [0, 0.1) is 19.7 Å². The number of rotatable bonds is 6. The van der Waals surface area contributed by atoms with E-state index in [1.165, 1.54) is 11.1 Å². The fourth-order valence-electron chi connectivity index (χ4n) is 3.97. The number of aromatic amines is 1. The molecule has 0 fully saturated rings. The summed E-state index contributed by atoms with van der Waals surface area (Å²) in [6.07, 6.45) is 8.72. The number of fused-ring (bicyclic) bond motifs is 1. The Morgan fingerprint density at radius 1 is 1.23 bits per heavy atom. The summed E-state index contributed by atoms with van der Waals surface area (Å²) in [6.45, 7) is 14.2. The molecule has 0 amide bonds.